The number of aromatic nitrogens is 1. The van der Waals surface area contributed by atoms with Crippen LogP contribution in [0.4, 0.5) is 4.39 Å². The van der Waals surface area contributed by atoms with Crippen LogP contribution < -0.4 is 5.73 Å². The zero-order chi connectivity index (χ0) is 13.8. The van der Waals surface area contributed by atoms with Gasteiger partial charge in [-0.3, -0.25) is 10.4 Å². The summed E-state index contributed by atoms with van der Waals surface area (Å²) in [6.45, 7) is 1.96. The number of hydrogen-bond acceptors (Lipinski definition) is 4. The number of halogens is 1. The maximum absolute atomic E-state index is 13.0. The SMILES string of the molecule is CCN(CCC(=N)N)S(=O)(=O)c1cncc(F)c1. The van der Waals surface area contributed by atoms with Crippen molar-refractivity contribution in [1.29, 1.82) is 5.41 Å². The summed E-state index contributed by atoms with van der Waals surface area (Å²) >= 11 is 0. The summed E-state index contributed by atoms with van der Waals surface area (Å²) in [7, 11) is -3.79. The van der Waals surface area contributed by atoms with Crippen LogP contribution in [0.1, 0.15) is 13.3 Å². The second kappa shape index (κ2) is 5.87. The molecular weight excluding hydrogens is 259 g/mol. The summed E-state index contributed by atoms with van der Waals surface area (Å²) in [6, 6.07) is 0.915. The van der Waals surface area contributed by atoms with E-state index in [1.807, 2.05) is 0 Å². The summed E-state index contributed by atoms with van der Waals surface area (Å²) in [5.74, 6) is -0.806. The topological polar surface area (TPSA) is 100 Å². The molecule has 0 atom stereocenters. The third-order valence-corrected chi connectivity index (χ3v) is 4.24. The minimum atomic E-state index is -3.79. The van der Waals surface area contributed by atoms with E-state index < -0.39 is 15.8 Å². The Bertz CT molecular complexity index is 532. The molecule has 1 aromatic heterocycles. The highest BCUT2D eigenvalue weighted by Gasteiger charge is 2.23. The molecule has 1 heterocycles. The van der Waals surface area contributed by atoms with Crippen LogP contribution in [0.3, 0.4) is 0 Å². The lowest BCUT2D eigenvalue weighted by molar-refractivity contribution is 0.435. The molecule has 100 valence electrons. The lowest BCUT2D eigenvalue weighted by atomic mass is 10.4. The van der Waals surface area contributed by atoms with Gasteiger partial charge >= 0.3 is 0 Å². The van der Waals surface area contributed by atoms with E-state index in [4.69, 9.17) is 11.1 Å². The molecule has 0 unspecified atom stereocenters. The molecule has 6 nitrogen and oxygen atoms in total. The van der Waals surface area contributed by atoms with Crippen molar-refractivity contribution in [2.45, 2.75) is 18.2 Å². The molecule has 3 N–H and O–H groups in total. The summed E-state index contributed by atoms with van der Waals surface area (Å²) in [4.78, 5) is 3.31. The van der Waals surface area contributed by atoms with E-state index in [9.17, 15) is 12.8 Å². The zero-order valence-corrected chi connectivity index (χ0v) is 10.7. The number of sulfonamides is 1. The maximum Gasteiger partial charge on any atom is 0.244 e. The monoisotopic (exact) mass is 274 g/mol. The zero-order valence-electron chi connectivity index (χ0n) is 9.93. The maximum atomic E-state index is 13.0. The van der Waals surface area contributed by atoms with Crippen LogP contribution in [-0.4, -0.2) is 36.6 Å². The quantitative estimate of drug-likeness (QED) is 0.584. The van der Waals surface area contributed by atoms with Gasteiger partial charge < -0.3 is 5.73 Å². The molecule has 0 spiro atoms. The Balaban J connectivity index is 2.99. The standard InChI is InChI=1S/C10H15FN4O2S/c1-2-15(4-3-10(12)13)18(16,17)9-5-8(11)6-14-7-9/h5-7H,2-4H2,1H3,(H3,12,13). The van der Waals surface area contributed by atoms with Gasteiger partial charge in [0.1, 0.15) is 10.7 Å². The van der Waals surface area contributed by atoms with E-state index in [1.54, 1.807) is 6.92 Å². The van der Waals surface area contributed by atoms with Crippen LogP contribution in [0.2, 0.25) is 0 Å². The Kier molecular flexibility index (Phi) is 4.74. The predicted molar refractivity (Wildman–Crippen MR) is 65.2 cm³/mol. The number of rotatable bonds is 6. The van der Waals surface area contributed by atoms with Crippen molar-refractivity contribution < 1.29 is 12.8 Å². The Morgan fingerprint density at radius 1 is 1.56 bits per heavy atom. The van der Waals surface area contributed by atoms with Gasteiger partial charge in [0.05, 0.1) is 12.0 Å². The Morgan fingerprint density at radius 2 is 2.22 bits per heavy atom. The van der Waals surface area contributed by atoms with Crippen molar-refractivity contribution in [3.8, 4) is 0 Å². The first kappa shape index (κ1) is 14.5. The first-order valence-electron chi connectivity index (χ1n) is 5.31. The van der Waals surface area contributed by atoms with E-state index >= 15 is 0 Å². The minimum Gasteiger partial charge on any atom is -0.388 e. The number of hydrogen-bond donors (Lipinski definition) is 2. The van der Waals surface area contributed by atoms with Gasteiger partial charge in [0.25, 0.3) is 0 Å². The van der Waals surface area contributed by atoms with Crippen molar-refractivity contribution in [3.63, 3.8) is 0 Å². The third-order valence-electron chi connectivity index (χ3n) is 2.30. The van der Waals surface area contributed by atoms with Gasteiger partial charge in [-0.25, -0.2) is 12.8 Å². The first-order valence-corrected chi connectivity index (χ1v) is 6.75. The van der Waals surface area contributed by atoms with Crippen molar-refractivity contribution in [2.24, 2.45) is 5.73 Å². The Labute approximate surface area is 105 Å². The van der Waals surface area contributed by atoms with Crippen LogP contribution in [0.15, 0.2) is 23.4 Å². The van der Waals surface area contributed by atoms with Crippen LogP contribution in [-0.2, 0) is 10.0 Å². The van der Waals surface area contributed by atoms with E-state index in [1.165, 1.54) is 0 Å². The second-order valence-corrected chi connectivity index (χ2v) is 5.55. The Morgan fingerprint density at radius 3 is 2.72 bits per heavy atom. The highest BCUT2D eigenvalue weighted by atomic mass is 32.2. The van der Waals surface area contributed by atoms with Crippen molar-refractivity contribution in [3.05, 3.63) is 24.3 Å². The summed E-state index contributed by atoms with van der Waals surface area (Å²) in [5.41, 5.74) is 5.19. The molecule has 0 aliphatic rings. The molecule has 0 aliphatic heterocycles. The number of nitrogens with zero attached hydrogens (tertiary/aromatic N) is 2. The normalized spacial score (nSPS) is 11.7. The average molecular weight is 274 g/mol. The fourth-order valence-corrected chi connectivity index (χ4v) is 2.80. The minimum absolute atomic E-state index is 0.0880. The third kappa shape index (κ3) is 3.47. The average Bonchev–Trinajstić information content (AvgIpc) is 2.29. The van der Waals surface area contributed by atoms with Crippen LogP contribution in [0.25, 0.3) is 0 Å². The second-order valence-electron chi connectivity index (χ2n) is 3.61. The van der Waals surface area contributed by atoms with Crippen LogP contribution >= 0.6 is 0 Å². The highest BCUT2D eigenvalue weighted by molar-refractivity contribution is 7.89. The number of nitrogens with two attached hydrogens (primary N) is 1. The van der Waals surface area contributed by atoms with Gasteiger partial charge in [0.2, 0.25) is 10.0 Å². The lowest BCUT2D eigenvalue weighted by Crippen LogP contribution is -2.33. The molecular formula is C10H15FN4O2S. The van der Waals surface area contributed by atoms with Gasteiger partial charge in [0, 0.05) is 25.7 Å². The first-order chi connectivity index (χ1) is 8.37. The molecule has 0 saturated carbocycles. The van der Waals surface area contributed by atoms with Crippen LogP contribution in [0, 0.1) is 11.2 Å². The van der Waals surface area contributed by atoms with E-state index in [-0.39, 0.29) is 30.2 Å². The fourth-order valence-electron chi connectivity index (χ4n) is 1.38. The van der Waals surface area contributed by atoms with Gasteiger partial charge in [-0.1, -0.05) is 6.92 Å². The van der Waals surface area contributed by atoms with Crippen LogP contribution in [0.5, 0.6) is 0 Å². The molecule has 1 rings (SSSR count). The Hall–Kier alpha value is -1.54. The fraction of sp³-hybridized carbons (Fsp3) is 0.400. The molecule has 0 bridgehead atoms. The van der Waals surface area contributed by atoms with Crippen molar-refractivity contribution >= 4 is 15.9 Å². The molecule has 0 aliphatic carbocycles. The number of nitrogens with one attached hydrogen (secondary N) is 1. The molecule has 1 aromatic rings. The molecule has 0 saturated heterocycles. The van der Waals surface area contributed by atoms with Gasteiger partial charge in [-0.2, -0.15) is 4.31 Å². The van der Waals surface area contributed by atoms with Gasteiger partial charge in [-0.05, 0) is 6.07 Å². The lowest BCUT2D eigenvalue weighted by Gasteiger charge is -2.19. The molecule has 0 aromatic carbocycles. The van der Waals surface area contributed by atoms with E-state index in [0.29, 0.717) is 0 Å². The van der Waals surface area contributed by atoms with Gasteiger partial charge in [0.15, 0.2) is 0 Å². The van der Waals surface area contributed by atoms with E-state index in [0.717, 1.165) is 22.8 Å². The van der Waals surface area contributed by atoms with Crippen molar-refractivity contribution in [1.82, 2.24) is 9.29 Å². The summed E-state index contributed by atoms with van der Waals surface area (Å²) < 4.78 is 38.4. The van der Waals surface area contributed by atoms with E-state index in [2.05, 4.69) is 4.98 Å². The molecule has 18 heavy (non-hydrogen) atoms. The van der Waals surface area contributed by atoms with Gasteiger partial charge in [-0.15, -0.1) is 0 Å². The molecule has 0 amide bonds. The predicted octanol–water partition coefficient (Wildman–Crippen LogP) is 0.557. The number of pyridine rings is 1. The smallest absolute Gasteiger partial charge is 0.244 e. The highest BCUT2D eigenvalue weighted by Crippen LogP contribution is 2.15. The van der Waals surface area contributed by atoms with Crippen molar-refractivity contribution in [2.75, 3.05) is 13.1 Å². The number of amidine groups is 1. The largest absolute Gasteiger partial charge is 0.388 e. The summed E-state index contributed by atoms with van der Waals surface area (Å²) in [6.07, 6.45) is 2.16. The molecule has 8 heteroatoms. The summed E-state index contributed by atoms with van der Waals surface area (Å²) in [5, 5.41) is 7.09. The molecule has 0 radical (unpaired) electrons. The molecule has 0 fully saturated rings.